The monoisotopic (exact) mass is 221 g/mol. The van der Waals surface area contributed by atoms with Crippen molar-refractivity contribution in [3.05, 3.63) is 29.8 Å². The molecular formula is C11H11NO4. The van der Waals surface area contributed by atoms with Gasteiger partial charge in [0.25, 0.3) is 0 Å². The van der Waals surface area contributed by atoms with Gasteiger partial charge in [-0.25, -0.2) is 9.79 Å². The van der Waals surface area contributed by atoms with Crippen LogP contribution in [0, 0.1) is 0 Å². The number of hydrogen-bond acceptors (Lipinski definition) is 4. The Balaban J connectivity index is 2.11. The van der Waals surface area contributed by atoms with Gasteiger partial charge in [0, 0.05) is 5.56 Å². The Labute approximate surface area is 92.3 Å². The van der Waals surface area contributed by atoms with Gasteiger partial charge in [0.1, 0.15) is 5.75 Å². The second kappa shape index (κ2) is 4.22. The average molecular weight is 221 g/mol. The number of nitrogens with zero attached hydrogens (tertiary/aromatic N) is 1. The van der Waals surface area contributed by atoms with Crippen LogP contribution >= 0.6 is 0 Å². The van der Waals surface area contributed by atoms with Crippen LogP contribution in [0.2, 0.25) is 0 Å². The van der Waals surface area contributed by atoms with Crippen LogP contribution in [-0.4, -0.2) is 36.7 Å². The Kier molecular flexibility index (Phi) is 2.76. The standard InChI is InChI=1S/C11H11NO4/c1-15-8-4-2-7(3-5-8)10-12-6-9(16-10)11(13)14/h2-5,9H,6H2,1H3,(H,13,14). The fraction of sp³-hybridized carbons (Fsp3) is 0.273. The minimum Gasteiger partial charge on any atom is -0.497 e. The largest absolute Gasteiger partial charge is 0.497 e. The van der Waals surface area contributed by atoms with Crippen LogP contribution in [0.25, 0.3) is 0 Å². The number of ether oxygens (including phenoxy) is 2. The fourth-order valence-electron chi connectivity index (χ4n) is 1.40. The van der Waals surface area contributed by atoms with Gasteiger partial charge in [-0.3, -0.25) is 0 Å². The van der Waals surface area contributed by atoms with E-state index in [1.54, 1.807) is 31.4 Å². The molecule has 1 aromatic carbocycles. The minimum absolute atomic E-state index is 0.163. The Morgan fingerprint density at radius 2 is 2.19 bits per heavy atom. The fourth-order valence-corrected chi connectivity index (χ4v) is 1.40. The molecule has 1 aliphatic heterocycles. The van der Waals surface area contributed by atoms with E-state index in [-0.39, 0.29) is 6.54 Å². The summed E-state index contributed by atoms with van der Waals surface area (Å²) in [6, 6.07) is 7.11. The topological polar surface area (TPSA) is 68.1 Å². The van der Waals surface area contributed by atoms with Gasteiger partial charge >= 0.3 is 5.97 Å². The first-order chi connectivity index (χ1) is 7.70. The van der Waals surface area contributed by atoms with E-state index >= 15 is 0 Å². The second-order valence-corrected chi connectivity index (χ2v) is 3.32. The maximum Gasteiger partial charge on any atom is 0.346 e. The number of carboxylic acids is 1. The van der Waals surface area contributed by atoms with E-state index < -0.39 is 12.1 Å². The van der Waals surface area contributed by atoms with Gasteiger partial charge in [0.2, 0.25) is 12.0 Å². The summed E-state index contributed by atoms with van der Waals surface area (Å²) >= 11 is 0. The van der Waals surface area contributed by atoms with Crippen LogP contribution in [0.15, 0.2) is 29.3 Å². The summed E-state index contributed by atoms with van der Waals surface area (Å²) in [6.45, 7) is 0.163. The molecule has 1 atom stereocenters. The quantitative estimate of drug-likeness (QED) is 0.824. The van der Waals surface area contributed by atoms with Crippen LogP contribution in [0.4, 0.5) is 0 Å². The van der Waals surface area contributed by atoms with Crippen molar-refractivity contribution in [1.29, 1.82) is 0 Å². The summed E-state index contributed by atoms with van der Waals surface area (Å²) in [5, 5.41) is 8.74. The van der Waals surface area contributed by atoms with Crippen molar-refractivity contribution in [3.8, 4) is 5.75 Å². The van der Waals surface area contributed by atoms with Gasteiger partial charge in [0.05, 0.1) is 13.7 Å². The lowest BCUT2D eigenvalue weighted by atomic mass is 10.2. The van der Waals surface area contributed by atoms with Crippen molar-refractivity contribution >= 4 is 11.9 Å². The predicted octanol–water partition coefficient (Wildman–Crippen LogP) is 0.925. The molecule has 0 aromatic heterocycles. The van der Waals surface area contributed by atoms with Crippen molar-refractivity contribution in [1.82, 2.24) is 0 Å². The van der Waals surface area contributed by atoms with Crippen LogP contribution in [0.1, 0.15) is 5.56 Å². The highest BCUT2D eigenvalue weighted by Crippen LogP contribution is 2.16. The molecule has 1 N–H and O–H groups in total. The molecule has 5 nitrogen and oxygen atoms in total. The first kappa shape index (κ1) is 10.5. The summed E-state index contributed by atoms with van der Waals surface area (Å²) in [5.41, 5.74) is 0.754. The zero-order chi connectivity index (χ0) is 11.5. The molecule has 2 rings (SSSR count). The molecule has 0 radical (unpaired) electrons. The summed E-state index contributed by atoms with van der Waals surface area (Å²) in [6.07, 6.45) is -0.864. The third kappa shape index (κ3) is 1.98. The summed E-state index contributed by atoms with van der Waals surface area (Å²) in [5.74, 6) is 0.111. The van der Waals surface area contributed by atoms with Gasteiger partial charge in [0.15, 0.2) is 0 Å². The molecular weight excluding hydrogens is 210 g/mol. The van der Waals surface area contributed by atoms with Crippen LogP contribution in [0.5, 0.6) is 5.75 Å². The number of rotatable bonds is 3. The van der Waals surface area contributed by atoms with E-state index in [2.05, 4.69) is 4.99 Å². The van der Waals surface area contributed by atoms with Gasteiger partial charge in [-0.05, 0) is 24.3 Å². The van der Waals surface area contributed by atoms with E-state index in [4.69, 9.17) is 14.6 Å². The lowest BCUT2D eigenvalue weighted by molar-refractivity contribution is -0.144. The molecule has 0 aliphatic carbocycles. The van der Waals surface area contributed by atoms with E-state index in [9.17, 15) is 4.79 Å². The van der Waals surface area contributed by atoms with Gasteiger partial charge in [-0.1, -0.05) is 0 Å². The van der Waals surface area contributed by atoms with E-state index in [1.807, 2.05) is 0 Å². The zero-order valence-corrected chi connectivity index (χ0v) is 8.71. The number of carbonyl (C=O) groups is 1. The molecule has 5 heteroatoms. The molecule has 1 unspecified atom stereocenters. The minimum atomic E-state index is -0.993. The summed E-state index contributed by atoms with van der Waals surface area (Å²) in [4.78, 5) is 14.7. The summed E-state index contributed by atoms with van der Waals surface area (Å²) in [7, 11) is 1.58. The highest BCUT2D eigenvalue weighted by molar-refractivity contribution is 5.97. The molecule has 0 fully saturated rings. The van der Waals surface area contributed by atoms with Gasteiger partial charge < -0.3 is 14.6 Å². The van der Waals surface area contributed by atoms with Crippen LogP contribution in [0.3, 0.4) is 0 Å². The second-order valence-electron chi connectivity index (χ2n) is 3.32. The predicted molar refractivity (Wildman–Crippen MR) is 56.9 cm³/mol. The zero-order valence-electron chi connectivity index (χ0n) is 8.71. The number of methoxy groups -OCH3 is 1. The third-order valence-corrected chi connectivity index (χ3v) is 2.27. The first-order valence-corrected chi connectivity index (χ1v) is 4.79. The first-order valence-electron chi connectivity index (χ1n) is 4.79. The molecule has 0 saturated heterocycles. The smallest absolute Gasteiger partial charge is 0.346 e. The SMILES string of the molecule is COc1ccc(C2=NCC(C(=O)O)O2)cc1. The van der Waals surface area contributed by atoms with Crippen LogP contribution in [-0.2, 0) is 9.53 Å². The Hall–Kier alpha value is -2.04. The molecule has 84 valence electrons. The molecule has 1 aromatic rings. The highest BCUT2D eigenvalue weighted by Gasteiger charge is 2.26. The molecule has 0 spiro atoms. The van der Waals surface area contributed by atoms with Gasteiger partial charge in [-0.15, -0.1) is 0 Å². The normalized spacial score (nSPS) is 18.8. The van der Waals surface area contributed by atoms with E-state index in [0.717, 1.165) is 11.3 Å². The molecule has 1 heterocycles. The number of aliphatic carboxylic acids is 1. The molecule has 16 heavy (non-hydrogen) atoms. The Morgan fingerprint density at radius 3 is 2.69 bits per heavy atom. The van der Waals surface area contributed by atoms with E-state index in [1.165, 1.54) is 0 Å². The van der Waals surface area contributed by atoms with Crippen LogP contribution < -0.4 is 4.74 Å². The van der Waals surface area contributed by atoms with Crippen molar-refractivity contribution in [2.75, 3.05) is 13.7 Å². The van der Waals surface area contributed by atoms with Crippen molar-refractivity contribution < 1.29 is 19.4 Å². The Bertz CT molecular complexity index is 424. The maximum atomic E-state index is 10.7. The third-order valence-electron chi connectivity index (χ3n) is 2.27. The number of aliphatic imine (C=N–C) groups is 1. The molecule has 0 bridgehead atoms. The van der Waals surface area contributed by atoms with Gasteiger partial charge in [-0.2, -0.15) is 0 Å². The average Bonchev–Trinajstić information content (AvgIpc) is 2.78. The molecule has 1 aliphatic rings. The number of carboxylic acid groups (broad SMARTS) is 1. The molecule has 0 amide bonds. The Morgan fingerprint density at radius 1 is 1.50 bits per heavy atom. The summed E-state index contributed by atoms with van der Waals surface area (Å²) < 4.78 is 10.2. The van der Waals surface area contributed by atoms with E-state index in [0.29, 0.717) is 5.90 Å². The van der Waals surface area contributed by atoms with Crippen molar-refractivity contribution in [2.24, 2.45) is 4.99 Å². The maximum absolute atomic E-state index is 10.7. The van der Waals surface area contributed by atoms with Crippen molar-refractivity contribution in [2.45, 2.75) is 6.10 Å². The number of benzene rings is 1. The van der Waals surface area contributed by atoms with Crippen molar-refractivity contribution in [3.63, 3.8) is 0 Å². The lowest BCUT2D eigenvalue weighted by Gasteiger charge is -2.06. The molecule has 0 saturated carbocycles. The highest BCUT2D eigenvalue weighted by atomic mass is 16.5. The number of hydrogen-bond donors (Lipinski definition) is 1. The lowest BCUT2D eigenvalue weighted by Crippen LogP contribution is -2.23.